The van der Waals surface area contributed by atoms with Gasteiger partial charge in [-0.3, -0.25) is 9.36 Å². The van der Waals surface area contributed by atoms with Crippen molar-refractivity contribution < 1.29 is 29.6 Å². The molecule has 12 heteroatoms. The second-order valence-electron chi connectivity index (χ2n) is 7.22. The fraction of sp³-hybridized carbons (Fsp3) is 0.350. The highest BCUT2D eigenvalue weighted by molar-refractivity contribution is 5.87. The first-order chi connectivity index (χ1) is 15.4. The number of carbonyl (C=O) groups excluding carboxylic acids is 1. The Balaban J connectivity index is 1.54. The maximum absolute atomic E-state index is 12.1. The minimum atomic E-state index is -1.41. The fourth-order valence-corrected chi connectivity index (χ4v) is 3.50. The third-order valence-corrected chi connectivity index (χ3v) is 5.14. The molecular formula is C20H22N6O6. The first-order valence-corrected chi connectivity index (χ1v) is 9.93. The molecule has 1 amide bonds. The molecule has 3 heterocycles. The van der Waals surface area contributed by atoms with Crippen molar-refractivity contribution in [2.45, 2.75) is 38.0 Å². The number of likely N-dealkylation sites (N-methyl/N-ethyl adjacent to an activating group) is 1. The number of carboxylic acid groups (broad SMARTS) is 1. The number of carboxylic acids is 1. The van der Waals surface area contributed by atoms with E-state index in [0.29, 0.717) is 30.1 Å². The van der Waals surface area contributed by atoms with E-state index in [1.54, 1.807) is 19.1 Å². The lowest BCUT2D eigenvalue weighted by Gasteiger charge is -2.16. The van der Waals surface area contributed by atoms with E-state index in [2.05, 4.69) is 25.6 Å². The molecular weight excluding hydrogens is 420 g/mol. The van der Waals surface area contributed by atoms with Crippen LogP contribution in [0.15, 0.2) is 36.9 Å². The minimum Gasteiger partial charge on any atom is -0.478 e. The molecule has 1 aliphatic rings. The second-order valence-corrected chi connectivity index (χ2v) is 7.22. The summed E-state index contributed by atoms with van der Waals surface area (Å²) in [6.45, 7) is 2.46. The van der Waals surface area contributed by atoms with Crippen LogP contribution in [0.5, 0.6) is 0 Å². The van der Waals surface area contributed by atoms with Crippen molar-refractivity contribution in [3.05, 3.63) is 48.0 Å². The van der Waals surface area contributed by atoms with Crippen LogP contribution in [-0.2, 0) is 16.1 Å². The van der Waals surface area contributed by atoms with Gasteiger partial charge in [0, 0.05) is 13.1 Å². The van der Waals surface area contributed by atoms with Crippen molar-refractivity contribution in [2.24, 2.45) is 0 Å². The number of aliphatic hydroxyl groups is 2. The zero-order valence-corrected chi connectivity index (χ0v) is 17.0. The SMILES string of the molecule is CCNC(=O)C1OC(n2cnc3c(NCc4ccc(C(=O)O)cc4)ncnc32)C(O)C1O. The van der Waals surface area contributed by atoms with Crippen molar-refractivity contribution in [1.29, 1.82) is 0 Å². The second kappa shape index (κ2) is 8.86. The number of anilines is 1. The van der Waals surface area contributed by atoms with Gasteiger partial charge in [-0.05, 0) is 24.6 Å². The molecule has 1 saturated heterocycles. The van der Waals surface area contributed by atoms with Crippen LogP contribution in [0, 0.1) is 0 Å². The summed E-state index contributed by atoms with van der Waals surface area (Å²) in [7, 11) is 0. The Hall–Kier alpha value is -3.61. The molecule has 1 fully saturated rings. The molecule has 168 valence electrons. The average molecular weight is 442 g/mol. The number of aromatic nitrogens is 4. The molecule has 3 aromatic rings. The third-order valence-electron chi connectivity index (χ3n) is 5.14. The maximum atomic E-state index is 12.1. The summed E-state index contributed by atoms with van der Waals surface area (Å²) in [5.41, 5.74) is 1.78. The van der Waals surface area contributed by atoms with Gasteiger partial charge in [0.2, 0.25) is 0 Å². The van der Waals surface area contributed by atoms with Gasteiger partial charge in [-0.15, -0.1) is 0 Å². The van der Waals surface area contributed by atoms with Gasteiger partial charge in [0.1, 0.15) is 18.5 Å². The summed E-state index contributed by atoms with van der Waals surface area (Å²) in [4.78, 5) is 35.8. The van der Waals surface area contributed by atoms with E-state index in [0.717, 1.165) is 5.56 Å². The Kier molecular flexibility index (Phi) is 5.99. The molecule has 0 saturated carbocycles. The number of ether oxygens (including phenoxy) is 1. The Labute approximate surface area is 181 Å². The van der Waals surface area contributed by atoms with Gasteiger partial charge in [0.05, 0.1) is 11.9 Å². The molecule has 0 aliphatic carbocycles. The molecule has 1 aliphatic heterocycles. The van der Waals surface area contributed by atoms with E-state index in [4.69, 9.17) is 9.84 Å². The van der Waals surface area contributed by atoms with E-state index in [1.807, 2.05) is 0 Å². The molecule has 0 bridgehead atoms. The quantitative estimate of drug-likeness (QED) is 0.332. The van der Waals surface area contributed by atoms with Gasteiger partial charge >= 0.3 is 5.97 Å². The van der Waals surface area contributed by atoms with Crippen LogP contribution < -0.4 is 10.6 Å². The number of aliphatic hydroxyl groups excluding tert-OH is 2. The van der Waals surface area contributed by atoms with Crippen molar-refractivity contribution in [3.8, 4) is 0 Å². The minimum absolute atomic E-state index is 0.195. The van der Waals surface area contributed by atoms with Crippen molar-refractivity contribution in [3.63, 3.8) is 0 Å². The number of hydrogen-bond donors (Lipinski definition) is 5. The van der Waals surface area contributed by atoms with Crippen LogP contribution in [0.2, 0.25) is 0 Å². The third kappa shape index (κ3) is 3.98. The van der Waals surface area contributed by atoms with E-state index in [9.17, 15) is 19.8 Å². The van der Waals surface area contributed by atoms with Gasteiger partial charge < -0.3 is 30.7 Å². The maximum Gasteiger partial charge on any atom is 0.335 e. The molecule has 0 spiro atoms. The molecule has 4 atom stereocenters. The van der Waals surface area contributed by atoms with Gasteiger partial charge in [0.25, 0.3) is 5.91 Å². The molecule has 12 nitrogen and oxygen atoms in total. The number of carbonyl (C=O) groups is 2. The number of aromatic carboxylic acids is 1. The predicted octanol–water partition coefficient (Wildman–Crippen LogP) is -0.108. The van der Waals surface area contributed by atoms with Crippen LogP contribution in [0.3, 0.4) is 0 Å². The van der Waals surface area contributed by atoms with E-state index >= 15 is 0 Å². The monoisotopic (exact) mass is 442 g/mol. The summed E-state index contributed by atoms with van der Waals surface area (Å²) in [6.07, 6.45) is -2.34. The zero-order chi connectivity index (χ0) is 22.8. The standard InChI is InChI=1S/C20H22N6O6/c1-2-21-18(29)15-13(27)14(28)19(32-15)26-9-25-12-16(23-8-24-17(12)26)22-7-10-3-5-11(6-4-10)20(30)31/h3-6,8-9,13-15,19,27-28H,2,7H2,1H3,(H,21,29)(H,30,31)(H,22,23,24). The largest absolute Gasteiger partial charge is 0.478 e. The zero-order valence-electron chi connectivity index (χ0n) is 17.0. The molecule has 0 radical (unpaired) electrons. The molecule has 4 rings (SSSR count). The van der Waals surface area contributed by atoms with Crippen molar-refractivity contribution >= 4 is 28.9 Å². The van der Waals surface area contributed by atoms with Gasteiger partial charge in [-0.2, -0.15) is 0 Å². The number of nitrogens with zero attached hydrogens (tertiary/aromatic N) is 4. The number of rotatable bonds is 7. The number of imidazole rings is 1. The summed E-state index contributed by atoms with van der Waals surface area (Å²) < 4.78 is 7.08. The average Bonchev–Trinajstić information content (AvgIpc) is 3.34. The van der Waals surface area contributed by atoms with Crippen LogP contribution in [0.25, 0.3) is 11.2 Å². The highest BCUT2D eigenvalue weighted by Gasteiger charge is 2.47. The molecule has 2 aromatic heterocycles. The van der Waals surface area contributed by atoms with E-state index in [-0.39, 0.29) is 5.56 Å². The Morgan fingerprint density at radius 2 is 1.88 bits per heavy atom. The Morgan fingerprint density at radius 1 is 1.12 bits per heavy atom. The Bertz CT molecular complexity index is 1130. The molecule has 4 unspecified atom stereocenters. The normalized spacial score (nSPS) is 22.7. The highest BCUT2D eigenvalue weighted by Crippen LogP contribution is 2.32. The summed E-state index contributed by atoms with van der Waals surface area (Å²) in [5.74, 6) is -1.09. The van der Waals surface area contributed by atoms with E-state index < -0.39 is 36.4 Å². The lowest BCUT2D eigenvalue weighted by Crippen LogP contribution is -2.42. The smallest absolute Gasteiger partial charge is 0.335 e. The summed E-state index contributed by atoms with van der Waals surface area (Å²) in [6, 6.07) is 6.41. The fourth-order valence-electron chi connectivity index (χ4n) is 3.50. The molecule has 5 N–H and O–H groups in total. The predicted molar refractivity (Wildman–Crippen MR) is 111 cm³/mol. The highest BCUT2D eigenvalue weighted by atomic mass is 16.6. The number of fused-ring (bicyclic) bond motifs is 1. The van der Waals surface area contributed by atoms with Crippen LogP contribution in [0.1, 0.15) is 29.1 Å². The van der Waals surface area contributed by atoms with Crippen molar-refractivity contribution in [1.82, 2.24) is 24.8 Å². The van der Waals surface area contributed by atoms with Gasteiger partial charge in [-0.25, -0.2) is 19.7 Å². The first-order valence-electron chi connectivity index (χ1n) is 9.93. The number of benzene rings is 1. The molecule has 1 aromatic carbocycles. The number of nitrogens with one attached hydrogen (secondary N) is 2. The topological polar surface area (TPSA) is 172 Å². The van der Waals surface area contributed by atoms with Gasteiger partial charge in [-0.1, -0.05) is 12.1 Å². The molecule has 32 heavy (non-hydrogen) atoms. The number of amides is 1. The lowest BCUT2D eigenvalue weighted by molar-refractivity contribution is -0.137. The lowest BCUT2D eigenvalue weighted by atomic mass is 10.1. The van der Waals surface area contributed by atoms with Crippen molar-refractivity contribution in [2.75, 3.05) is 11.9 Å². The van der Waals surface area contributed by atoms with E-state index in [1.165, 1.54) is 29.4 Å². The van der Waals surface area contributed by atoms with Crippen LogP contribution in [-0.4, -0.2) is 71.6 Å². The summed E-state index contributed by atoms with van der Waals surface area (Å²) >= 11 is 0. The Morgan fingerprint density at radius 3 is 2.56 bits per heavy atom. The summed E-state index contributed by atoms with van der Waals surface area (Å²) in [5, 5.41) is 35.4. The first kappa shape index (κ1) is 21.6. The number of hydrogen-bond acceptors (Lipinski definition) is 9. The van der Waals surface area contributed by atoms with Gasteiger partial charge in [0.15, 0.2) is 29.3 Å². The van der Waals surface area contributed by atoms with Crippen LogP contribution >= 0.6 is 0 Å². The van der Waals surface area contributed by atoms with Crippen LogP contribution in [0.4, 0.5) is 5.82 Å².